The third kappa shape index (κ3) is 4.41. The highest BCUT2D eigenvalue weighted by Gasteiger charge is 2.13. The minimum absolute atomic E-state index is 0.223. The van der Waals surface area contributed by atoms with E-state index in [1.807, 2.05) is 32.0 Å². The second-order valence-electron chi connectivity index (χ2n) is 5.74. The third-order valence-electron chi connectivity index (χ3n) is 3.75. The molecule has 0 fully saturated rings. The van der Waals surface area contributed by atoms with Crippen LogP contribution in [0.1, 0.15) is 51.9 Å². The van der Waals surface area contributed by atoms with Gasteiger partial charge < -0.3 is 10.6 Å². The van der Waals surface area contributed by atoms with Crippen molar-refractivity contribution in [1.82, 2.24) is 10.3 Å². The number of unbranched alkanes of at least 4 members (excludes halogenated alkanes) is 1. The average Bonchev–Trinajstić information content (AvgIpc) is 2.58. The van der Waals surface area contributed by atoms with E-state index in [0.717, 1.165) is 29.7 Å². The van der Waals surface area contributed by atoms with E-state index in [9.17, 15) is 9.59 Å². The first-order chi connectivity index (χ1) is 11.5. The SMILES string of the molecule is CCCCNC(=O)c1cccc(C(=O)Nc2c(C)cccc2C)n1. The summed E-state index contributed by atoms with van der Waals surface area (Å²) in [6.07, 6.45) is 1.92. The fourth-order valence-corrected chi connectivity index (χ4v) is 2.35. The molecule has 0 atom stereocenters. The molecule has 0 unspecified atom stereocenters. The van der Waals surface area contributed by atoms with E-state index in [2.05, 4.69) is 22.5 Å². The third-order valence-corrected chi connectivity index (χ3v) is 3.75. The largest absolute Gasteiger partial charge is 0.351 e. The molecule has 0 saturated heterocycles. The van der Waals surface area contributed by atoms with Crippen molar-refractivity contribution in [1.29, 1.82) is 0 Å². The van der Waals surface area contributed by atoms with Gasteiger partial charge in [0.2, 0.25) is 0 Å². The van der Waals surface area contributed by atoms with Gasteiger partial charge in [-0.05, 0) is 43.5 Å². The number of hydrogen-bond donors (Lipinski definition) is 2. The molecule has 2 N–H and O–H groups in total. The Morgan fingerprint density at radius 1 is 0.958 bits per heavy atom. The predicted molar refractivity (Wildman–Crippen MR) is 95.3 cm³/mol. The van der Waals surface area contributed by atoms with Crippen molar-refractivity contribution < 1.29 is 9.59 Å². The lowest BCUT2D eigenvalue weighted by Crippen LogP contribution is -2.26. The summed E-state index contributed by atoms with van der Waals surface area (Å²) < 4.78 is 0. The quantitative estimate of drug-likeness (QED) is 0.799. The molecule has 2 rings (SSSR count). The van der Waals surface area contributed by atoms with Crippen LogP contribution in [0.25, 0.3) is 0 Å². The molecule has 5 nitrogen and oxygen atoms in total. The minimum Gasteiger partial charge on any atom is -0.351 e. The Bertz CT molecular complexity index is 721. The summed E-state index contributed by atoms with van der Waals surface area (Å²) in [5.74, 6) is -0.583. The van der Waals surface area contributed by atoms with Gasteiger partial charge in [-0.1, -0.05) is 37.6 Å². The normalized spacial score (nSPS) is 10.3. The zero-order valence-corrected chi connectivity index (χ0v) is 14.3. The van der Waals surface area contributed by atoms with Crippen LogP contribution in [-0.2, 0) is 0 Å². The fourth-order valence-electron chi connectivity index (χ4n) is 2.35. The highest BCUT2D eigenvalue weighted by molar-refractivity contribution is 6.04. The van der Waals surface area contributed by atoms with Crippen LogP contribution in [0, 0.1) is 13.8 Å². The Balaban J connectivity index is 2.13. The smallest absolute Gasteiger partial charge is 0.274 e. The number of benzene rings is 1. The molecular weight excluding hydrogens is 302 g/mol. The summed E-state index contributed by atoms with van der Waals surface area (Å²) in [5.41, 5.74) is 3.22. The lowest BCUT2D eigenvalue weighted by molar-refractivity contribution is 0.0948. The molecule has 126 valence electrons. The van der Waals surface area contributed by atoms with Crippen LogP contribution in [0.15, 0.2) is 36.4 Å². The summed E-state index contributed by atoms with van der Waals surface area (Å²) in [4.78, 5) is 28.7. The molecule has 0 aliphatic heterocycles. The Kier molecular flexibility index (Phi) is 6.07. The summed E-state index contributed by atoms with van der Waals surface area (Å²) in [5, 5.41) is 5.68. The number of nitrogens with zero attached hydrogens (tertiary/aromatic N) is 1. The first kappa shape index (κ1) is 17.7. The molecule has 0 saturated carbocycles. The van der Waals surface area contributed by atoms with E-state index in [0.29, 0.717) is 6.54 Å². The molecule has 5 heteroatoms. The zero-order chi connectivity index (χ0) is 17.5. The molecule has 0 radical (unpaired) electrons. The highest BCUT2D eigenvalue weighted by Crippen LogP contribution is 2.20. The lowest BCUT2D eigenvalue weighted by Gasteiger charge is -2.11. The lowest BCUT2D eigenvalue weighted by atomic mass is 10.1. The molecule has 0 aliphatic carbocycles. The van der Waals surface area contributed by atoms with E-state index in [-0.39, 0.29) is 23.2 Å². The van der Waals surface area contributed by atoms with Crippen LogP contribution < -0.4 is 10.6 Å². The number of aryl methyl sites for hydroxylation is 2. The Morgan fingerprint density at radius 2 is 1.54 bits per heavy atom. The maximum Gasteiger partial charge on any atom is 0.274 e. The van der Waals surface area contributed by atoms with Crippen LogP contribution in [0.5, 0.6) is 0 Å². The topological polar surface area (TPSA) is 71.1 Å². The van der Waals surface area contributed by atoms with Gasteiger partial charge in [-0.25, -0.2) is 4.98 Å². The van der Waals surface area contributed by atoms with Crippen LogP contribution in [0.2, 0.25) is 0 Å². The summed E-state index contributed by atoms with van der Waals surface area (Å²) >= 11 is 0. The number of aromatic nitrogens is 1. The van der Waals surface area contributed by atoms with Gasteiger partial charge in [0.25, 0.3) is 11.8 Å². The van der Waals surface area contributed by atoms with Crippen LogP contribution >= 0.6 is 0 Å². The molecule has 1 heterocycles. The molecule has 2 amide bonds. The molecular formula is C19H23N3O2. The average molecular weight is 325 g/mol. The van der Waals surface area contributed by atoms with Crippen molar-refractivity contribution >= 4 is 17.5 Å². The number of hydrogen-bond acceptors (Lipinski definition) is 3. The standard InChI is InChI=1S/C19H23N3O2/c1-4-5-12-20-18(23)15-10-7-11-16(21-15)19(24)22-17-13(2)8-6-9-14(17)3/h6-11H,4-5,12H2,1-3H3,(H,20,23)(H,22,24). The van der Waals surface area contributed by atoms with Crippen molar-refractivity contribution in [3.8, 4) is 0 Å². The van der Waals surface area contributed by atoms with Crippen molar-refractivity contribution in [2.24, 2.45) is 0 Å². The van der Waals surface area contributed by atoms with Crippen molar-refractivity contribution in [2.45, 2.75) is 33.6 Å². The van der Waals surface area contributed by atoms with Crippen LogP contribution in [-0.4, -0.2) is 23.3 Å². The number of anilines is 1. The molecule has 24 heavy (non-hydrogen) atoms. The van der Waals surface area contributed by atoms with Gasteiger partial charge in [0.15, 0.2) is 0 Å². The van der Waals surface area contributed by atoms with E-state index < -0.39 is 0 Å². The van der Waals surface area contributed by atoms with E-state index >= 15 is 0 Å². The number of para-hydroxylation sites is 1. The van der Waals surface area contributed by atoms with E-state index in [1.54, 1.807) is 18.2 Å². The Labute approximate surface area is 142 Å². The minimum atomic E-state index is -0.324. The van der Waals surface area contributed by atoms with Crippen molar-refractivity contribution in [2.75, 3.05) is 11.9 Å². The van der Waals surface area contributed by atoms with Crippen LogP contribution in [0.4, 0.5) is 5.69 Å². The van der Waals surface area contributed by atoms with Gasteiger partial charge >= 0.3 is 0 Å². The molecule has 0 aliphatic rings. The van der Waals surface area contributed by atoms with Crippen LogP contribution in [0.3, 0.4) is 0 Å². The summed E-state index contributed by atoms with van der Waals surface area (Å²) in [7, 11) is 0. The predicted octanol–water partition coefficient (Wildman–Crippen LogP) is 3.48. The van der Waals surface area contributed by atoms with E-state index in [4.69, 9.17) is 0 Å². The highest BCUT2D eigenvalue weighted by atomic mass is 16.2. The first-order valence-corrected chi connectivity index (χ1v) is 8.15. The molecule has 0 spiro atoms. The number of carbonyl (C=O) groups is 2. The zero-order valence-electron chi connectivity index (χ0n) is 14.3. The van der Waals surface area contributed by atoms with Gasteiger partial charge in [0, 0.05) is 12.2 Å². The monoisotopic (exact) mass is 325 g/mol. The summed E-state index contributed by atoms with van der Waals surface area (Å²) in [6, 6.07) is 10.7. The Morgan fingerprint density at radius 3 is 2.17 bits per heavy atom. The molecule has 1 aromatic carbocycles. The van der Waals surface area contributed by atoms with Gasteiger partial charge in [0.05, 0.1) is 0 Å². The maximum absolute atomic E-state index is 12.4. The molecule has 1 aromatic heterocycles. The number of nitrogens with one attached hydrogen (secondary N) is 2. The second-order valence-corrected chi connectivity index (χ2v) is 5.74. The van der Waals surface area contributed by atoms with Gasteiger partial charge in [-0.2, -0.15) is 0 Å². The maximum atomic E-state index is 12.4. The first-order valence-electron chi connectivity index (χ1n) is 8.15. The van der Waals surface area contributed by atoms with Gasteiger partial charge in [-0.3, -0.25) is 9.59 Å². The number of rotatable bonds is 6. The fraction of sp³-hybridized carbons (Fsp3) is 0.316. The van der Waals surface area contributed by atoms with Crippen molar-refractivity contribution in [3.05, 3.63) is 58.9 Å². The molecule has 0 bridgehead atoms. The van der Waals surface area contributed by atoms with Crippen molar-refractivity contribution in [3.63, 3.8) is 0 Å². The molecule has 2 aromatic rings. The van der Waals surface area contributed by atoms with Gasteiger partial charge in [-0.15, -0.1) is 0 Å². The van der Waals surface area contributed by atoms with E-state index in [1.165, 1.54) is 0 Å². The summed E-state index contributed by atoms with van der Waals surface area (Å²) in [6.45, 7) is 6.54. The second kappa shape index (κ2) is 8.24. The Hall–Kier alpha value is -2.69. The number of carbonyl (C=O) groups excluding carboxylic acids is 2. The van der Waals surface area contributed by atoms with Gasteiger partial charge in [0.1, 0.15) is 11.4 Å². The number of amides is 2. The number of pyridine rings is 1.